The molecule has 0 aliphatic rings. The Morgan fingerprint density at radius 1 is 1.07 bits per heavy atom. The van der Waals surface area contributed by atoms with Crippen LogP contribution in [0.2, 0.25) is 0 Å². The molecule has 0 radical (unpaired) electrons. The van der Waals surface area contributed by atoms with E-state index < -0.39 is 11.8 Å². The van der Waals surface area contributed by atoms with E-state index in [2.05, 4.69) is 30.4 Å². The summed E-state index contributed by atoms with van der Waals surface area (Å²) in [6, 6.07) is 8.99. The van der Waals surface area contributed by atoms with Crippen molar-refractivity contribution in [1.82, 2.24) is 29.7 Å². The molecule has 0 fully saturated rings. The van der Waals surface area contributed by atoms with Crippen molar-refractivity contribution in [3.63, 3.8) is 0 Å². The number of anilines is 3. The Hall–Kier alpha value is -3.95. The lowest BCUT2D eigenvalue weighted by molar-refractivity contribution is 0.584. The van der Waals surface area contributed by atoms with Crippen molar-refractivity contribution in [3.05, 3.63) is 60.6 Å². The Kier molecular flexibility index (Phi) is 4.82. The van der Waals surface area contributed by atoms with Gasteiger partial charge in [0, 0.05) is 35.8 Å². The normalized spacial score (nSPS) is 10.9. The van der Waals surface area contributed by atoms with Gasteiger partial charge in [-0.1, -0.05) is 0 Å². The highest BCUT2D eigenvalue weighted by Gasteiger charge is 2.13. The summed E-state index contributed by atoms with van der Waals surface area (Å²) in [4.78, 5) is 15.9. The van der Waals surface area contributed by atoms with Gasteiger partial charge in [0.2, 0.25) is 17.8 Å². The summed E-state index contributed by atoms with van der Waals surface area (Å²) >= 11 is 0. The Morgan fingerprint density at radius 3 is 2.62 bits per heavy atom. The minimum Gasteiger partial charge on any atom is -0.368 e. The fourth-order valence-corrected chi connectivity index (χ4v) is 2.74. The Bertz CT molecular complexity index is 1160. The number of benzene rings is 1. The molecule has 1 aromatic carbocycles. The van der Waals surface area contributed by atoms with E-state index in [4.69, 9.17) is 5.73 Å². The predicted octanol–water partition coefficient (Wildman–Crippen LogP) is 3.42. The fourth-order valence-electron chi connectivity index (χ4n) is 2.74. The summed E-state index contributed by atoms with van der Waals surface area (Å²) in [5, 5.41) is 7.43. The third-order valence-electron chi connectivity index (χ3n) is 4.13. The molecule has 10 heteroatoms. The molecule has 0 aliphatic heterocycles. The minimum atomic E-state index is -0.581. The number of rotatable bonds is 5. The van der Waals surface area contributed by atoms with Crippen LogP contribution in [-0.4, -0.2) is 29.7 Å². The first-order valence-corrected chi connectivity index (χ1v) is 8.75. The zero-order valence-corrected chi connectivity index (χ0v) is 15.3. The van der Waals surface area contributed by atoms with Gasteiger partial charge >= 0.3 is 0 Å². The number of halogens is 2. The summed E-state index contributed by atoms with van der Waals surface area (Å²) in [5.74, 6) is -0.176. The maximum atomic E-state index is 14.6. The van der Waals surface area contributed by atoms with E-state index >= 15 is 0 Å². The maximum absolute atomic E-state index is 14.6. The van der Waals surface area contributed by atoms with Crippen LogP contribution in [0.4, 0.5) is 26.4 Å². The largest absolute Gasteiger partial charge is 0.368 e. The molecule has 0 aliphatic carbocycles. The van der Waals surface area contributed by atoms with Crippen LogP contribution in [0.1, 0.15) is 6.92 Å². The molecule has 29 heavy (non-hydrogen) atoms. The number of hydrogen-bond donors (Lipinski definition) is 2. The van der Waals surface area contributed by atoms with Gasteiger partial charge in [0.25, 0.3) is 0 Å². The van der Waals surface area contributed by atoms with E-state index in [1.54, 1.807) is 28.9 Å². The van der Waals surface area contributed by atoms with Gasteiger partial charge in [-0.2, -0.15) is 9.37 Å². The van der Waals surface area contributed by atoms with Gasteiger partial charge in [0.05, 0.1) is 5.69 Å². The van der Waals surface area contributed by atoms with Gasteiger partial charge < -0.3 is 11.1 Å². The Morgan fingerprint density at radius 2 is 1.93 bits per heavy atom. The third-order valence-corrected chi connectivity index (χ3v) is 4.13. The summed E-state index contributed by atoms with van der Waals surface area (Å²) in [7, 11) is 0. The van der Waals surface area contributed by atoms with Crippen LogP contribution < -0.4 is 11.1 Å². The Balaban J connectivity index is 1.62. The average Bonchev–Trinajstić information content (AvgIpc) is 3.11. The van der Waals surface area contributed by atoms with E-state index in [0.717, 1.165) is 0 Å². The van der Waals surface area contributed by atoms with Gasteiger partial charge in [0.1, 0.15) is 5.82 Å². The van der Waals surface area contributed by atoms with E-state index in [-0.39, 0.29) is 5.95 Å². The summed E-state index contributed by atoms with van der Waals surface area (Å²) in [6.45, 7) is 2.43. The molecule has 146 valence electrons. The van der Waals surface area contributed by atoms with Crippen LogP contribution in [0.5, 0.6) is 0 Å². The van der Waals surface area contributed by atoms with Crippen molar-refractivity contribution in [2.75, 3.05) is 11.1 Å². The van der Waals surface area contributed by atoms with Crippen molar-refractivity contribution in [2.45, 2.75) is 13.5 Å². The average molecular weight is 394 g/mol. The molecular formula is C19H16F2N8. The summed E-state index contributed by atoms with van der Waals surface area (Å²) in [5.41, 5.74) is 7.33. The number of hydrogen-bond acceptors (Lipinski definition) is 7. The second-order valence-corrected chi connectivity index (χ2v) is 6.06. The second-order valence-electron chi connectivity index (χ2n) is 6.06. The second kappa shape index (κ2) is 7.58. The third kappa shape index (κ3) is 3.86. The van der Waals surface area contributed by atoms with Crippen LogP contribution in [-0.2, 0) is 6.54 Å². The molecule has 0 saturated heterocycles. The van der Waals surface area contributed by atoms with Gasteiger partial charge in [-0.05, 0) is 43.3 Å². The molecular weight excluding hydrogens is 378 g/mol. The number of nitrogens with two attached hydrogens (primary N) is 1. The van der Waals surface area contributed by atoms with Crippen LogP contribution >= 0.6 is 0 Å². The number of aromatic nitrogens is 6. The first-order chi connectivity index (χ1) is 14.0. The van der Waals surface area contributed by atoms with Gasteiger partial charge in [-0.3, -0.25) is 0 Å². The molecule has 0 bridgehead atoms. The lowest BCUT2D eigenvalue weighted by atomic mass is 10.1. The maximum Gasteiger partial charge on any atom is 0.226 e. The van der Waals surface area contributed by atoms with Crippen molar-refractivity contribution >= 4 is 17.6 Å². The molecule has 0 saturated carbocycles. The molecule has 0 atom stereocenters. The van der Waals surface area contributed by atoms with Crippen molar-refractivity contribution in [3.8, 4) is 22.6 Å². The van der Waals surface area contributed by atoms with Gasteiger partial charge in [0.15, 0.2) is 5.82 Å². The molecule has 3 aromatic heterocycles. The highest BCUT2D eigenvalue weighted by Crippen LogP contribution is 2.26. The molecule has 0 spiro atoms. The standard InChI is InChI=1S/C19H16F2N8/c1-2-29-19(27-17(28-29)11-3-6-16(21)24-10-11)25-12-4-5-13(14(20)9-12)15-7-8-23-18(22)26-15/h3-10H,2H2,1H3,(H2,22,23,26)(H,25,27,28). The smallest absolute Gasteiger partial charge is 0.226 e. The SMILES string of the molecule is CCn1nc(-c2ccc(F)nc2)nc1Nc1ccc(-c2ccnc(N)n2)c(F)c1. The number of pyridine rings is 1. The van der Waals surface area contributed by atoms with Crippen LogP contribution in [0.15, 0.2) is 48.8 Å². The molecule has 4 rings (SSSR count). The molecule has 4 aromatic rings. The quantitative estimate of drug-likeness (QED) is 0.499. The Labute approximate surface area is 164 Å². The van der Waals surface area contributed by atoms with Gasteiger partial charge in [-0.25, -0.2) is 24.0 Å². The molecule has 0 amide bonds. The number of nitrogen functional groups attached to an aromatic ring is 1. The first kappa shape index (κ1) is 18.4. The molecule has 8 nitrogen and oxygen atoms in total. The number of nitrogens with one attached hydrogen (secondary N) is 1. The zero-order chi connectivity index (χ0) is 20.4. The van der Waals surface area contributed by atoms with Crippen LogP contribution in [0.3, 0.4) is 0 Å². The highest BCUT2D eigenvalue weighted by atomic mass is 19.1. The molecule has 3 heterocycles. The number of nitrogens with zero attached hydrogens (tertiary/aromatic N) is 6. The highest BCUT2D eigenvalue weighted by molar-refractivity contribution is 5.66. The summed E-state index contributed by atoms with van der Waals surface area (Å²) < 4.78 is 29.3. The van der Waals surface area contributed by atoms with Crippen LogP contribution in [0.25, 0.3) is 22.6 Å². The summed E-state index contributed by atoms with van der Waals surface area (Å²) in [6.07, 6.45) is 2.83. The lowest BCUT2D eigenvalue weighted by Gasteiger charge is -2.08. The van der Waals surface area contributed by atoms with E-state index in [0.29, 0.717) is 40.8 Å². The van der Waals surface area contributed by atoms with Crippen molar-refractivity contribution in [1.29, 1.82) is 0 Å². The minimum absolute atomic E-state index is 0.0722. The predicted molar refractivity (Wildman–Crippen MR) is 104 cm³/mol. The van der Waals surface area contributed by atoms with Crippen molar-refractivity contribution < 1.29 is 8.78 Å². The first-order valence-electron chi connectivity index (χ1n) is 8.75. The monoisotopic (exact) mass is 394 g/mol. The topological polar surface area (TPSA) is 107 Å². The molecule has 0 unspecified atom stereocenters. The van der Waals surface area contributed by atoms with E-state index in [1.165, 1.54) is 24.5 Å². The lowest BCUT2D eigenvalue weighted by Crippen LogP contribution is -2.04. The van der Waals surface area contributed by atoms with E-state index in [9.17, 15) is 8.78 Å². The fraction of sp³-hybridized carbons (Fsp3) is 0.105. The van der Waals surface area contributed by atoms with Gasteiger partial charge in [-0.15, -0.1) is 5.10 Å². The molecule has 3 N–H and O–H groups in total. The van der Waals surface area contributed by atoms with Crippen molar-refractivity contribution in [2.24, 2.45) is 0 Å². The number of aryl methyl sites for hydroxylation is 1. The van der Waals surface area contributed by atoms with Crippen LogP contribution in [0, 0.1) is 11.8 Å². The van der Waals surface area contributed by atoms with E-state index in [1.807, 2.05) is 6.92 Å². The zero-order valence-electron chi connectivity index (χ0n) is 15.3.